The van der Waals surface area contributed by atoms with E-state index in [2.05, 4.69) is 32.7 Å². The zero-order valence-electron chi connectivity index (χ0n) is 16.7. The highest BCUT2D eigenvalue weighted by Crippen LogP contribution is 2.24. The SMILES string of the molecule is COC(=O)c1ccccc1NC(=O)c1cnc(Nc2c(C)cc(C)cc2C)nc1. The predicted molar refractivity (Wildman–Crippen MR) is 112 cm³/mol. The second-order valence-corrected chi connectivity index (χ2v) is 6.69. The van der Waals surface area contributed by atoms with Crippen molar-refractivity contribution in [1.82, 2.24) is 9.97 Å². The Morgan fingerprint density at radius 2 is 1.59 bits per heavy atom. The summed E-state index contributed by atoms with van der Waals surface area (Å²) in [5, 5.41) is 5.90. The van der Waals surface area contributed by atoms with Gasteiger partial charge < -0.3 is 15.4 Å². The second kappa shape index (κ2) is 8.52. The third-order valence-corrected chi connectivity index (χ3v) is 4.41. The number of aryl methyl sites for hydroxylation is 3. The van der Waals surface area contributed by atoms with Crippen LogP contribution in [0.5, 0.6) is 0 Å². The number of aromatic nitrogens is 2. The largest absolute Gasteiger partial charge is 0.465 e. The van der Waals surface area contributed by atoms with E-state index in [1.807, 2.05) is 20.8 Å². The molecule has 0 spiro atoms. The molecule has 2 N–H and O–H groups in total. The Bertz CT molecular complexity index is 1040. The van der Waals surface area contributed by atoms with E-state index in [0.29, 0.717) is 11.6 Å². The van der Waals surface area contributed by atoms with Crippen molar-refractivity contribution < 1.29 is 14.3 Å². The van der Waals surface area contributed by atoms with E-state index < -0.39 is 11.9 Å². The van der Waals surface area contributed by atoms with Gasteiger partial charge in [0, 0.05) is 18.1 Å². The molecule has 29 heavy (non-hydrogen) atoms. The Kier molecular flexibility index (Phi) is 5.87. The molecule has 7 heteroatoms. The molecular formula is C22H22N4O3. The number of carbonyl (C=O) groups is 2. The summed E-state index contributed by atoms with van der Waals surface area (Å²) < 4.78 is 4.74. The number of para-hydroxylation sites is 1. The Labute approximate surface area is 169 Å². The third kappa shape index (κ3) is 4.57. The lowest BCUT2D eigenvalue weighted by atomic mass is 10.1. The first-order chi connectivity index (χ1) is 13.9. The van der Waals surface area contributed by atoms with Crippen molar-refractivity contribution in [1.29, 1.82) is 0 Å². The van der Waals surface area contributed by atoms with Crippen molar-refractivity contribution >= 4 is 29.2 Å². The van der Waals surface area contributed by atoms with Gasteiger partial charge in [0.05, 0.1) is 23.9 Å². The monoisotopic (exact) mass is 390 g/mol. The van der Waals surface area contributed by atoms with Crippen molar-refractivity contribution in [2.75, 3.05) is 17.7 Å². The van der Waals surface area contributed by atoms with Crippen LogP contribution in [0.3, 0.4) is 0 Å². The minimum atomic E-state index is -0.527. The molecule has 148 valence electrons. The summed E-state index contributed by atoms with van der Waals surface area (Å²) in [4.78, 5) is 32.8. The van der Waals surface area contributed by atoms with Crippen LogP contribution in [0, 0.1) is 20.8 Å². The van der Waals surface area contributed by atoms with E-state index in [1.54, 1.807) is 24.3 Å². The second-order valence-electron chi connectivity index (χ2n) is 6.69. The van der Waals surface area contributed by atoms with Gasteiger partial charge in [-0.1, -0.05) is 29.8 Å². The molecule has 0 bridgehead atoms. The van der Waals surface area contributed by atoms with E-state index in [9.17, 15) is 9.59 Å². The molecular weight excluding hydrogens is 368 g/mol. The van der Waals surface area contributed by atoms with Gasteiger partial charge in [-0.2, -0.15) is 0 Å². The van der Waals surface area contributed by atoms with E-state index in [0.717, 1.165) is 16.8 Å². The number of benzene rings is 2. The highest BCUT2D eigenvalue weighted by atomic mass is 16.5. The van der Waals surface area contributed by atoms with Gasteiger partial charge in [0.1, 0.15) is 0 Å². The van der Waals surface area contributed by atoms with Crippen molar-refractivity contribution in [2.45, 2.75) is 20.8 Å². The Morgan fingerprint density at radius 1 is 0.966 bits per heavy atom. The number of methoxy groups -OCH3 is 1. The number of hydrogen-bond acceptors (Lipinski definition) is 6. The van der Waals surface area contributed by atoms with Gasteiger partial charge in [-0.3, -0.25) is 4.79 Å². The first-order valence-corrected chi connectivity index (χ1v) is 9.04. The summed E-state index contributed by atoms with van der Waals surface area (Å²) in [6, 6.07) is 10.8. The van der Waals surface area contributed by atoms with Crippen LogP contribution in [-0.2, 0) is 4.74 Å². The molecule has 1 heterocycles. The highest BCUT2D eigenvalue weighted by Gasteiger charge is 2.15. The number of hydrogen-bond donors (Lipinski definition) is 2. The lowest BCUT2D eigenvalue weighted by molar-refractivity contribution is 0.0602. The van der Waals surface area contributed by atoms with Crippen LogP contribution in [0.1, 0.15) is 37.4 Å². The van der Waals surface area contributed by atoms with Gasteiger partial charge in [0.15, 0.2) is 0 Å². The number of ether oxygens (including phenoxy) is 1. The van der Waals surface area contributed by atoms with E-state index >= 15 is 0 Å². The normalized spacial score (nSPS) is 10.3. The van der Waals surface area contributed by atoms with Gasteiger partial charge in [-0.25, -0.2) is 14.8 Å². The van der Waals surface area contributed by atoms with Crippen LogP contribution in [0.4, 0.5) is 17.3 Å². The zero-order valence-corrected chi connectivity index (χ0v) is 16.7. The molecule has 0 radical (unpaired) electrons. The number of nitrogens with one attached hydrogen (secondary N) is 2. The van der Waals surface area contributed by atoms with Crippen LogP contribution >= 0.6 is 0 Å². The molecule has 1 aromatic heterocycles. The summed E-state index contributed by atoms with van der Waals surface area (Å²) in [5.74, 6) is -0.553. The first-order valence-electron chi connectivity index (χ1n) is 9.04. The number of anilines is 3. The van der Waals surface area contributed by atoms with Crippen LogP contribution in [0.25, 0.3) is 0 Å². The molecule has 0 atom stereocenters. The Morgan fingerprint density at radius 3 is 2.21 bits per heavy atom. The molecule has 7 nitrogen and oxygen atoms in total. The molecule has 0 saturated heterocycles. The molecule has 0 saturated carbocycles. The average molecular weight is 390 g/mol. The molecule has 3 rings (SSSR count). The van der Waals surface area contributed by atoms with Crippen LogP contribution in [0.15, 0.2) is 48.8 Å². The van der Waals surface area contributed by atoms with Crippen LogP contribution in [0.2, 0.25) is 0 Å². The first kappa shape index (κ1) is 20.0. The number of carbonyl (C=O) groups excluding carboxylic acids is 2. The van der Waals surface area contributed by atoms with Crippen molar-refractivity contribution in [2.24, 2.45) is 0 Å². The summed E-state index contributed by atoms with van der Waals surface area (Å²) in [6.07, 6.45) is 2.87. The molecule has 0 fully saturated rings. The fourth-order valence-electron chi connectivity index (χ4n) is 3.07. The van der Waals surface area contributed by atoms with E-state index in [1.165, 1.54) is 25.1 Å². The summed E-state index contributed by atoms with van der Waals surface area (Å²) in [7, 11) is 1.29. The maximum absolute atomic E-state index is 12.5. The van der Waals surface area contributed by atoms with E-state index in [4.69, 9.17) is 4.74 Å². The molecule has 0 aliphatic heterocycles. The minimum absolute atomic E-state index is 0.271. The van der Waals surface area contributed by atoms with E-state index in [-0.39, 0.29) is 11.1 Å². The van der Waals surface area contributed by atoms with Crippen LogP contribution in [-0.4, -0.2) is 29.0 Å². The smallest absolute Gasteiger partial charge is 0.339 e. The molecule has 2 aromatic carbocycles. The molecule has 1 amide bonds. The molecule has 0 aliphatic carbocycles. The summed E-state index contributed by atoms with van der Waals surface area (Å²) >= 11 is 0. The quantitative estimate of drug-likeness (QED) is 0.635. The van der Waals surface area contributed by atoms with Crippen molar-refractivity contribution in [3.63, 3.8) is 0 Å². The highest BCUT2D eigenvalue weighted by molar-refractivity contribution is 6.07. The molecule has 3 aromatic rings. The fraction of sp³-hybridized carbons (Fsp3) is 0.182. The van der Waals surface area contributed by atoms with Gasteiger partial charge >= 0.3 is 5.97 Å². The summed E-state index contributed by atoms with van der Waals surface area (Å²) in [6.45, 7) is 6.08. The number of nitrogens with zero attached hydrogens (tertiary/aromatic N) is 2. The van der Waals surface area contributed by atoms with Gasteiger partial charge in [0.25, 0.3) is 5.91 Å². The van der Waals surface area contributed by atoms with Crippen LogP contribution < -0.4 is 10.6 Å². The third-order valence-electron chi connectivity index (χ3n) is 4.41. The predicted octanol–water partition coefficient (Wildman–Crippen LogP) is 4.18. The Balaban J connectivity index is 1.76. The maximum atomic E-state index is 12.5. The fourth-order valence-corrected chi connectivity index (χ4v) is 3.07. The Hall–Kier alpha value is -3.74. The van der Waals surface area contributed by atoms with Gasteiger partial charge in [0.2, 0.25) is 5.95 Å². The number of esters is 1. The van der Waals surface area contributed by atoms with Gasteiger partial charge in [-0.15, -0.1) is 0 Å². The zero-order chi connectivity index (χ0) is 21.0. The standard InChI is InChI=1S/C22H22N4O3/c1-13-9-14(2)19(15(3)10-13)26-22-23-11-16(12-24-22)20(27)25-18-8-6-5-7-17(18)21(28)29-4/h5-12H,1-4H3,(H,25,27)(H,23,24,26). The summed E-state index contributed by atoms with van der Waals surface area (Å²) in [5.41, 5.74) is 5.21. The lowest BCUT2D eigenvalue weighted by Crippen LogP contribution is -2.16. The topological polar surface area (TPSA) is 93.2 Å². The average Bonchev–Trinajstić information content (AvgIpc) is 2.71. The lowest BCUT2D eigenvalue weighted by Gasteiger charge is -2.13. The van der Waals surface area contributed by atoms with Crippen molar-refractivity contribution in [3.8, 4) is 0 Å². The number of amides is 1. The molecule has 0 aliphatic rings. The van der Waals surface area contributed by atoms with Crippen molar-refractivity contribution in [3.05, 3.63) is 76.6 Å². The minimum Gasteiger partial charge on any atom is -0.465 e. The number of rotatable bonds is 5. The van der Waals surface area contributed by atoms with Gasteiger partial charge in [-0.05, 0) is 44.0 Å². The molecule has 0 unspecified atom stereocenters. The maximum Gasteiger partial charge on any atom is 0.339 e.